The normalized spacial score (nSPS) is 12.5. The average molecular weight is 336 g/mol. The molecule has 1 heterocycles. The van der Waals surface area contributed by atoms with E-state index >= 15 is 0 Å². The number of aliphatic hydroxyl groups excluding tert-OH is 1. The van der Waals surface area contributed by atoms with Crippen LogP contribution in [0, 0.1) is 17.6 Å². The van der Waals surface area contributed by atoms with Crippen molar-refractivity contribution in [2.24, 2.45) is 5.92 Å². The molecule has 24 heavy (non-hydrogen) atoms. The van der Waals surface area contributed by atoms with E-state index in [-0.39, 0.29) is 42.1 Å². The van der Waals surface area contributed by atoms with E-state index in [0.29, 0.717) is 5.69 Å². The summed E-state index contributed by atoms with van der Waals surface area (Å²) in [6, 6.07) is 7.27. The van der Waals surface area contributed by atoms with Crippen molar-refractivity contribution in [2.45, 2.75) is 26.4 Å². The Balaban J connectivity index is 2.29. The summed E-state index contributed by atoms with van der Waals surface area (Å²) in [4.78, 5) is 4.23. The van der Waals surface area contributed by atoms with Crippen LogP contribution in [0.25, 0.3) is 11.3 Å². The Hall–Kier alpha value is -2.05. The molecule has 2 aromatic rings. The quantitative estimate of drug-likeness (QED) is 0.816. The van der Waals surface area contributed by atoms with Gasteiger partial charge in [-0.25, -0.2) is 13.8 Å². The second kappa shape index (κ2) is 8.17. The van der Waals surface area contributed by atoms with E-state index in [1.807, 2.05) is 13.8 Å². The monoisotopic (exact) mass is 336 g/mol. The first-order valence-corrected chi connectivity index (χ1v) is 7.80. The number of benzene rings is 1. The maximum absolute atomic E-state index is 14.4. The highest BCUT2D eigenvalue weighted by atomic mass is 19.1. The molecule has 0 saturated carbocycles. The summed E-state index contributed by atoms with van der Waals surface area (Å²) in [7, 11) is 1.39. The lowest BCUT2D eigenvalue weighted by molar-refractivity contribution is 0.209. The van der Waals surface area contributed by atoms with Gasteiger partial charge in [-0.05, 0) is 30.2 Å². The minimum absolute atomic E-state index is 0.0521. The molecule has 0 fully saturated rings. The van der Waals surface area contributed by atoms with Crippen LogP contribution in [-0.2, 0) is 6.54 Å². The van der Waals surface area contributed by atoms with Crippen LogP contribution in [-0.4, -0.2) is 29.8 Å². The van der Waals surface area contributed by atoms with E-state index in [0.717, 1.165) is 0 Å². The lowest BCUT2D eigenvalue weighted by Gasteiger charge is -2.20. The summed E-state index contributed by atoms with van der Waals surface area (Å²) in [6.45, 7) is 4.01. The van der Waals surface area contributed by atoms with Crippen LogP contribution in [0.2, 0.25) is 0 Å². The fourth-order valence-corrected chi connectivity index (χ4v) is 2.36. The molecule has 1 aromatic carbocycles. The molecule has 0 amide bonds. The van der Waals surface area contributed by atoms with Crippen molar-refractivity contribution in [3.8, 4) is 17.0 Å². The zero-order chi connectivity index (χ0) is 17.7. The van der Waals surface area contributed by atoms with E-state index in [9.17, 15) is 13.9 Å². The summed E-state index contributed by atoms with van der Waals surface area (Å²) < 4.78 is 33.3. The molecular weight excluding hydrogens is 314 g/mol. The Morgan fingerprint density at radius 1 is 1.21 bits per heavy atom. The van der Waals surface area contributed by atoms with E-state index in [1.54, 1.807) is 12.1 Å². The van der Waals surface area contributed by atoms with Crippen LogP contribution in [0.5, 0.6) is 5.75 Å². The van der Waals surface area contributed by atoms with Crippen molar-refractivity contribution < 1.29 is 18.6 Å². The number of halogens is 2. The fourth-order valence-electron chi connectivity index (χ4n) is 2.36. The van der Waals surface area contributed by atoms with Crippen molar-refractivity contribution >= 4 is 0 Å². The zero-order valence-electron chi connectivity index (χ0n) is 14.0. The molecule has 1 aromatic heterocycles. The van der Waals surface area contributed by atoms with Crippen molar-refractivity contribution in [1.29, 1.82) is 0 Å². The Morgan fingerprint density at radius 3 is 2.58 bits per heavy atom. The number of rotatable bonds is 7. The van der Waals surface area contributed by atoms with Gasteiger partial charge in [0.1, 0.15) is 5.82 Å². The minimum Gasteiger partial charge on any atom is -0.494 e. The Morgan fingerprint density at radius 2 is 1.96 bits per heavy atom. The van der Waals surface area contributed by atoms with Gasteiger partial charge in [-0.15, -0.1) is 0 Å². The molecule has 6 heteroatoms. The number of nitrogens with one attached hydrogen (secondary N) is 1. The van der Waals surface area contributed by atoms with Crippen LogP contribution in [0.4, 0.5) is 8.78 Å². The largest absolute Gasteiger partial charge is 0.494 e. The molecule has 0 aliphatic heterocycles. The topological polar surface area (TPSA) is 54.4 Å². The summed E-state index contributed by atoms with van der Waals surface area (Å²) in [5.41, 5.74) is 0.752. The number of aliphatic hydroxyl groups is 1. The van der Waals surface area contributed by atoms with Gasteiger partial charge < -0.3 is 15.2 Å². The molecule has 1 atom stereocenters. The van der Waals surface area contributed by atoms with Crippen LogP contribution in [0.3, 0.4) is 0 Å². The highest BCUT2D eigenvalue weighted by Gasteiger charge is 2.16. The predicted molar refractivity (Wildman–Crippen MR) is 88.7 cm³/mol. The molecule has 0 aliphatic carbocycles. The number of aromatic nitrogens is 1. The van der Waals surface area contributed by atoms with Crippen molar-refractivity contribution in [3.05, 3.63) is 47.7 Å². The first-order valence-electron chi connectivity index (χ1n) is 7.80. The molecule has 2 N–H and O–H groups in total. The molecule has 0 spiro atoms. The van der Waals surface area contributed by atoms with Crippen LogP contribution in [0.15, 0.2) is 30.3 Å². The molecule has 0 saturated heterocycles. The van der Waals surface area contributed by atoms with Gasteiger partial charge in [0, 0.05) is 18.2 Å². The van der Waals surface area contributed by atoms with Crippen LogP contribution in [0.1, 0.15) is 19.5 Å². The zero-order valence-corrected chi connectivity index (χ0v) is 14.0. The summed E-state index contributed by atoms with van der Waals surface area (Å²) in [5.74, 6) is -0.709. The van der Waals surface area contributed by atoms with Gasteiger partial charge in [-0.2, -0.15) is 0 Å². The van der Waals surface area contributed by atoms with Gasteiger partial charge in [-0.3, -0.25) is 0 Å². The van der Waals surface area contributed by atoms with Gasteiger partial charge in [0.15, 0.2) is 11.6 Å². The number of methoxy groups -OCH3 is 1. The Kier molecular flexibility index (Phi) is 6.23. The molecule has 2 rings (SSSR count). The van der Waals surface area contributed by atoms with Gasteiger partial charge in [0.2, 0.25) is 0 Å². The van der Waals surface area contributed by atoms with E-state index in [2.05, 4.69) is 10.3 Å². The second-order valence-corrected chi connectivity index (χ2v) is 5.86. The standard InChI is InChI=1S/C18H22F2N2O2/c1-11(2)16(10-23)21-9-15-13(19)7-8-14(22-15)12-5-4-6-17(24-3)18(12)20/h4-8,11,16,21,23H,9-10H2,1-3H3/t16-/m0/s1. The van der Waals surface area contributed by atoms with Gasteiger partial charge in [-0.1, -0.05) is 19.9 Å². The SMILES string of the molecule is COc1cccc(-c2ccc(F)c(CN[C@@H](CO)C(C)C)n2)c1F. The molecule has 130 valence electrons. The van der Waals surface area contributed by atoms with E-state index in [1.165, 1.54) is 25.3 Å². The molecule has 0 aliphatic rings. The van der Waals surface area contributed by atoms with Crippen molar-refractivity contribution in [3.63, 3.8) is 0 Å². The molecule has 0 unspecified atom stereocenters. The van der Waals surface area contributed by atoms with Gasteiger partial charge >= 0.3 is 0 Å². The third-order valence-corrected chi connectivity index (χ3v) is 3.91. The third-order valence-electron chi connectivity index (χ3n) is 3.91. The highest BCUT2D eigenvalue weighted by Crippen LogP contribution is 2.28. The first kappa shape index (κ1) is 18.3. The van der Waals surface area contributed by atoms with Gasteiger partial charge in [0.25, 0.3) is 0 Å². The third kappa shape index (κ3) is 4.07. The van der Waals surface area contributed by atoms with Crippen molar-refractivity contribution in [2.75, 3.05) is 13.7 Å². The maximum atomic E-state index is 14.4. The lowest BCUT2D eigenvalue weighted by atomic mass is 10.1. The summed E-state index contributed by atoms with van der Waals surface area (Å²) in [5, 5.41) is 12.4. The number of hydrogen-bond donors (Lipinski definition) is 2. The molecule has 0 bridgehead atoms. The highest BCUT2D eigenvalue weighted by molar-refractivity contribution is 5.62. The first-order chi connectivity index (χ1) is 11.5. The minimum atomic E-state index is -0.534. The van der Waals surface area contributed by atoms with E-state index in [4.69, 9.17) is 4.74 Å². The summed E-state index contributed by atoms with van der Waals surface area (Å²) in [6.07, 6.45) is 0. The number of pyridine rings is 1. The van der Waals surface area contributed by atoms with E-state index < -0.39 is 11.6 Å². The van der Waals surface area contributed by atoms with Crippen molar-refractivity contribution in [1.82, 2.24) is 10.3 Å². The number of hydrogen-bond acceptors (Lipinski definition) is 4. The smallest absolute Gasteiger partial charge is 0.174 e. The van der Waals surface area contributed by atoms with Crippen LogP contribution >= 0.6 is 0 Å². The lowest BCUT2D eigenvalue weighted by Crippen LogP contribution is -2.37. The number of ether oxygens (including phenoxy) is 1. The Bertz CT molecular complexity index is 693. The van der Waals surface area contributed by atoms with Gasteiger partial charge in [0.05, 0.1) is 25.1 Å². The molecular formula is C18H22F2N2O2. The average Bonchev–Trinajstić information content (AvgIpc) is 2.57. The summed E-state index contributed by atoms with van der Waals surface area (Å²) >= 11 is 0. The second-order valence-electron chi connectivity index (χ2n) is 5.86. The Labute approximate surface area is 140 Å². The number of nitrogens with zero attached hydrogens (tertiary/aromatic N) is 1. The molecule has 0 radical (unpaired) electrons. The fraction of sp³-hybridized carbons (Fsp3) is 0.389. The van der Waals surface area contributed by atoms with Crippen LogP contribution < -0.4 is 10.1 Å². The molecule has 4 nitrogen and oxygen atoms in total. The predicted octanol–water partition coefficient (Wildman–Crippen LogP) is 3.14. The maximum Gasteiger partial charge on any atom is 0.174 e.